The third kappa shape index (κ3) is 5.87. The van der Waals surface area contributed by atoms with Crippen LogP contribution < -0.4 is 10.6 Å². The van der Waals surface area contributed by atoms with Gasteiger partial charge >= 0.3 is 0 Å². The van der Waals surface area contributed by atoms with E-state index in [4.69, 9.17) is 0 Å². The van der Waals surface area contributed by atoms with Crippen molar-refractivity contribution in [2.45, 2.75) is 32.1 Å². The highest BCUT2D eigenvalue weighted by Gasteiger charge is 2.37. The topological polar surface area (TPSA) is 56.7 Å². The van der Waals surface area contributed by atoms with E-state index >= 15 is 0 Å². The van der Waals surface area contributed by atoms with Gasteiger partial charge in [0.15, 0.2) is 5.96 Å². The molecule has 3 rings (SSSR count). The van der Waals surface area contributed by atoms with Crippen molar-refractivity contribution in [3.05, 3.63) is 35.9 Å². The summed E-state index contributed by atoms with van der Waals surface area (Å²) in [6.45, 7) is 5.77. The van der Waals surface area contributed by atoms with Gasteiger partial charge in [0.1, 0.15) is 6.54 Å². The fourth-order valence-corrected chi connectivity index (χ4v) is 3.36. The fourth-order valence-electron chi connectivity index (χ4n) is 3.36. The van der Waals surface area contributed by atoms with Crippen LogP contribution in [0.1, 0.15) is 37.7 Å². The first-order valence-corrected chi connectivity index (χ1v) is 9.13. The molecule has 1 saturated carbocycles. The Labute approximate surface area is 167 Å². The molecule has 6 heteroatoms. The van der Waals surface area contributed by atoms with E-state index in [0.29, 0.717) is 11.8 Å². The Morgan fingerprint density at radius 2 is 1.92 bits per heavy atom. The predicted octanol–water partition coefficient (Wildman–Crippen LogP) is 2.59. The van der Waals surface area contributed by atoms with E-state index in [9.17, 15) is 4.79 Å². The zero-order valence-electron chi connectivity index (χ0n) is 14.9. The summed E-state index contributed by atoms with van der Waals surface area (Å²) < 4.78 is 0. The summed E-state index contributed by atoms with van der Waals surface area (Å²) in [7, 11) is 0. The van der Waals surface area contributed by atoms with Crippen molar-refractivity contribution in [3.63, 3.8) is 0 Å². The van der Waals surface area contributed by atoms with E-state index in [1.807, 2.05) is 11.8 Å². The van der Waals surface area contributed by atoms with Crippen LogP contribution in [0.5, 0.6) is 0 Å². The van der Waals surface area contributed by atoms with E-state index < -0.39 is 0 Å². The molecule has 1 aliphatic carbocycles. The first-order chi connectivity index (χ1) is 11.8. The second-order valence-corrected chi connectivity index (χ2v) is 6.68. The van der Waals surface area contributed by atoms with E-state index in [-0.39, 0.29) is 36.4 Å². The highest BCUT2D eigenvalue weighted by Crippen LogP contribution is 2.46. The molecule has 1 amide bonds. The lowest BCUT2D eigenvalue weighted by molar-refractivity contribution is -0.128. The molecule has 2 fully saturated rings. The van der Waals surface area contributed by atoms with E-state index in [2.05, 4.69) is 46.0 Å². The lowest BCUT2D eigenvalue weighted by Crippen LogP contribution is -2.39. The molecular formula is C19H29IN4O. The maximum absolute atomic E-state index is 12.1. The number of hydrogen-bond acceptors (Lipinski definition) is 2. The molecule has 0 bridgehead atoms. The number of carbonyl (C=O) groups excluding carboxylic acids is 1. The number of guanidine groups is 1. The molecule has 2 unspecified atom stereocenters. The summed E-state index contributed by atoms with van der Waals surface area (Å²) in [6.07, 6.45) is 3.47. The number of amides is 1. The number of nitrogens with one attached hydrogen (secondary N) is 2. The zero-order chi connectivity index (χ0) is 16.8. The average Bonchev–Trinajstić information content (AvgIpc) is 3.18. The SMILES string of the molecule is CCNC(=NCC(=O)N1CCCC1)NCC1CC1c1ccccc1.I. The van der Waals surface area contributed by atoms with Crippen LogP contribution in [0.4, 0.5) is 0 Å². The number of benzene rings is 1. The maximum Gasteiger partial charge on any atom is 0.244 e. The summed E-state index contributed by atoms with van der Waals surface area (Å²) in [5.74, 6) is 2.21. The van der Waals surface area contributed by atoms with Gasteiger partial charge in [-0.3, -0.25) is 4.79 Å². The number of rotatable bonds is 6. The van der Waals surface area contributed by atoms with Gasteiger partial charge < -0.3 is 15.5 Å². The second-order valence-electron chi connectivity index (χ2n) is 6.68. The monoisotopic (exact) mass is 456 g/mol. The minimum atomic E-state index is 0. The van der Waals surface area contributed by atoms with Crippen LogP contribution in [-0.2, 0) is 4.79 Å². The van der Waals surface area contributed by atoms with Crippen molar-refractivity contribution in [1.82, 2.24) is 15.5 Å². The Hall–Kier alpha value is -1.31. The Morgan fingerprint density at radius 3 is 2.60 bits per heavy atom. The molecule has 1 aromatic carbocycles. The second kappa shape index (κ2) is 9.99. The van der Waals surface area contributed by atoms with Crippen LogP contribution in [0.25, 0.3) is 0 Å². The normalized spacial score (nSPS) is 22.3. The Balaban J connectivity index is 0.00000225. The summed E-state index contributed by atoms with van der Waals surface area (Å²) >= 11 is 0. The lowest BCUT2D eigenvalue weighted by Gasteiger charge is -2.15. The summed E-state index contributed by atoms with van der Waals surface area (Å²) in [5.41, 5.74) is 1.43. The van der Waals surface area contributed by atoms with Gasteiger partial charge in [-0.1, -0.05) is 30.3 Å². The third-order valence-electron chi connectivity index (χ3n) is 4.86. The Kier molecular flexibility index (Phi) is 7.99. The molecule has 1 heterocycles. The molecule has 2 N–H and O–H groups in total. The van der Waals surface area contributed by atoms with Crippen LogP contribution in [0, 0.1) is 5.92 Å². The van der Waals surface area contributed by atoms with Gasteiger partial charge in [0.05, 0.1) is 0 Å². The molecular weight excluding hydrogens is 427 g/mol. The molecule has 138 valence electrons. The minimum absolute atomic E-state index is 0. The van der Waals surface area contributed by atoms with Crippen molar-refractivity contribution in [3.8, 4) is 0 Å². The first-order valence-electron chi connectivity index (χ1n) is 9.13. The van der Waals surface area contributed by atoms with Crippen LogP contribution in [0.15, 0.2) is 35.3 Å². The van der Waals surface area contributed by atoms with Gasteiger partial charge in [0, 0.05) is 26.2 Å². The van der Waals surface area contributed by atoms with Gasteiger partial charge in [0.2, 0.25) is 5.91 Å². The largest absolute Gasteiger partial charge is 0.357 e. The zero-order valence-corrected chi connectivity index (χ0v) is 17.2. The quantitative estimate of drug-likeness (QED) is 0.393. The average molecular weight is 456 g/mol. The van der Waals surface area contributed by atoms with Crippen LogP contribution in [0.3, 0.4) is 0 Å². The molecule has 1 aliphatic heterocycles. The Bertz CT molecular complexity index is 572. The smallest absolute Gasteiger partial charge is 0.244 e. The van der Waals surface area contributed by atoms with E-state index in [1.54, 1.807) is 0 Å². The van der Waals surface area contributed by atoms with Crippen LogP contribution in [0.2, 0.25) is 0 Å². The molecule has 5 nitrogen and oxygen atoms in total. The number of aliphatic imine (C=N–C) groups is 1. The summed E-state index contributed by atoms with van der Waals surface area (Å²) in [6, 6.07) is 10.7. The lowest BCUT2D eigenvalue weighted by atomic mass is 10.1. The van der Waals surface area contributed by atoms with Crippen LogP contribution in [-0.4, -0.2) is 49.5 Å². The van der Waals surface area contributed by atoms with Crippen molar-refractivity contribution < 1.29 is 4.79 Å². The van der Waals surface area contributed by atoms with E-state index in [1.165, 1.54) is 12.0 Å². The summed E-state index contributed by atoms with van der Waals surface area (Å²) in [5, 5.41) is 6.63. The predicted molar refractivity (Wildman–Crippen MR) is 113 cm³/mol. The molecule has 0 radical (unpaired) electrons. The Morgan fingerprint density at radius 1 is 1.20 bits per heavy atom. The fraction of sp³-hybridized carbons (Fsp3) is 0.579. The molecule has 0 aromatic heterocycles. The highest BCUT2D eigenvalue weighted by molar-refractivity contribution is 14.0. The number of carbonyl (C=O) groups is 1. The van der Waals surface area contributed by atoms with Gasteiger partial charge in [-0.25, -0.2) is 4.99 Å². The number of nitrogens with zero attached hydrogens (tertiary/aromatic N) is 2. The van der Waals surface area contributed by atoms with Crippen molar-refractivity contribution in [2.24, 2.45) is 10.9 Å². The standard InChI is InChI=1S/C19H28N4O.HI/c1-2-20-19(22-14-18(24)23-10-6-7-11-23)21-13-16-12-17(16)15-8-4-3-5-9-15;/h3-5,8-9,16-17H,2,6-7,10-14H2,1H3,(H2,20,21,22);1H. The van der Waals surface area contributed by atoms with Crippen molar-refractivity contribution in [2.75, 3.05) is 32.7 Å². The molecule has 1 aromatic rings. The van der Waals surface area contributed by atoms with Crippen molar-refractivity contribution in [1.29, 1.82) is 0 Å². The van der Waals surface area contributed by atoms with Crippen molar-refractivity contribution >= 4 is 35.8 Å². The molecule has 2 aliphatic rings. The van der Waals surface area contributed by atoms with Gasteiger partial charge in [-0.05, 0) is 43.6 Å². The molecule has 2 atom stereocenters. The molecule has 25 heavy (non-hydrogen) atoms. The van der Waals surface area contributed by atoms with E-state index in [0.717, 1.165) is 45.0 Å². The molecule has 0 spiro atoms. The molecule has 1 saturated heterocycles. The highest BCUT2D eigenvalue weighted by atomic mass is 127. The maximum atomic E-state index is 12.1. The number of halogens is 1. The summed E-state index contributed by atoms with van der Waals surface area (Å²) in [4.78, 5) is 18.5. The van der Waals surface area contributed by atoms with Gasteiger partial charge in [-0.2, -0.15) is 0 Å². The third-order valence-corrected chi connectivity index (χ3v) is 4.86. The minimum Gasteiger partial charge on any atom is -0.357 e. The van der Waals surface area contributed by atoms with Gasteiger partial charge in [-0.15, -0.1) is 24.0 Å². The first kappa shape index (κ1) is 20.0. The number of likely N-dealkylation sites (tertiary alicyclic amines) is 1. The van der Waals surface area contributed by atoms with Crippen LogP contribution >= 0.6 is 24.0 Å². The number of hydrogen-bond donors (Lipinski definition) is 2. The van der Waals surface area contributed by atoms with Gasteiger partial charge in [0.25, 0.3) is 0 Å².